The summed E-state index contributed by atoms with van der Waals surface area (Å²) in [5.74, 6) is -0.856. The molecule has 1 N–H and O–H groups in total. The molecular formula is C9H10O6P2Ti. The van der Waals surface area contributed by atoms with Gasteiger partial charge in [-0.1, -0.05) is 6.42 Å². The number of hydrogen-bond donors (Lipinski definition) is 1. The monoisotopic (exact) mass is 324 g/mol. The topological polar surface area (TPSA) is 118 Å². The van der Waals surface area contributed by atoms with E-state index in [-0.39, 0.29) is 28.1 Å². The first-order valence-corrected chi connectivity index (χ1v) is 5.38. The third kappa shape index (κ3) is 57.8. The second-order valence-corrected chi connectivity index (χ2v) is 2.17. The summed E-state index contributed by atoms with van der Waals surface area (Å²) in [6.45, 7) is 3.09. The maximum absolute atomic E-state index is 9.31. The molecule has 0 saturated carbocycles. The van der Waals surface area contributed by atoms with Gasteiger partial charge in [0.1, 0.15) is 0 Å². The SMILES string of the molecule is O=P[O-].O=P[O-].[CH2-]CC(=O)O.[Ti+4].[c-]1ccccc1. The molecule has 0 aliphatic heterocycles. The van der Waals surface area contributed by atoms with E-state index in [9.17, 15) is 4.79 Å². The molecule has 0 heterocycles. The zero-order chi connectivity index (χ0) is 13.9. The average molecular weight is 324 g/mol. The summed E-state index contributed by atoms with van der Waals surface area (Å²) in [7, 11) is -2.17. The third-order valence-electron chi connectivity index (χ3n) is 0.821. The molecule has 0 aromatic heterocycles. The van der Waals surface area contributed by atoms with Gasteiger partial charge in [0.25, 0.3) is 5.97 Å². The van der Waals surface area contributed by atoms with E-state index in [1.54, 1.807) is 0 Å². The minimum atomic E-state index is -1.08. The van der Waals surface area contributed by atoms with Gasteiger partial charge in [0.2, 0.25) is 0 Å². The second kappa shape index (κ2) is 30.0. The molecule has 0 bridgehead atoms. The van der Waals surface area contributed by atoms with Gasteiger partial charge >= 0.3 is 21.7 Å². The molecule has 1 aromatic rings. The van der Waals surface area contributed by atoms with Gasteiger partial charge in [-0.25, -0.2) is 0 Å². The van der Waals surface area contributed by atoms with E-state index < -0.39 is 23.3 Å². The molecule has 18 heavy (non-hydrogen) atoms. The molecular weight excluding hydrogens is 314 g/mol. The minimum absolute atomic E-state index is 0. The van der Waals surface area contributed by atoms with E-state index in [1.165, 1.54) is 0 Å². The number of rotatable bonds is 1. The van der Waals surface area contributed by atoms with E-state index in [0.717, 1.165) is 0 Å². The Labute approximate surface area is 124 Å². The van der Waals surface area contributed by atoms with Crippen molar-refractivity contribution in [2.75, 3.05) is 0 Å². The van der Waals surface area contributed by atoms with Crippen LogP contribution in [0.25, 0.3) is 0 Å². The molecule has 0 fully saturated rings. The minimum Gasteiger partial charge on any atom is -0.772 e. The van der Waals surface area contributed by atoms with Crippen molar-refractivity contribution < 1.29 is 50.5 Å². The van der Waals surface area contributed by atoms with E-state index >= 15 is 0 Å². The Balaban J connectivity index is -0.0000000752. The molecule has 0 unspecified atom stereocenters. The van der Waals surface area contributed by atoms with Gasteiger partial charge in [-0.05, 0) is 0 Å². The Morgan fingerprint density at radius 2 is 1.44 bits per heavy atom. The third-order valence-corrected chi connectivity index (χ3v) is 0.821. The molecule has 0 spiro atoms. The summed E-state index contributed by atoms with van der Waals surface area (Å²) in [6.07, 6.45) is -0.0278. The number of carboxylic acid groups (broad SMARTS) is 1. The Bertz CT molecular complexity index is 240. The number of hydrogen-bond acceptors (Lipinski definition) is 5. The van der Waals surface area contributed by atoms with Gasteiger partial charge in [0.15, 0.2) is 0 Å². The first kappa shape index (κ1) is 26.2. The van der Waals surface area contributed by atoms with Gasteiger partial charge in [0, 0.05) is 0 Å². The first-order chi connectivity index (χ1) is 8.10. The fourth-order valence-electron chi connectivity index (χ4n) is 0.342. The summed E-state index contributed by atoms with van der Waals surface area (Å²) < 4.78 is 16.7. The van der Waals surface area contributed by atoms with Crippen molar-refractivity contribution in [3.63, 3.8) is 0 Å². The predicted octanol–water partition coefficient (Wildman–Crippen LogP) is 0.886. The molecule has 0 atom stereocenters. The quantitative estimate of drug-likeness (QED) is 0.465. The molecule has 0 aliphatic rings. The Hall–Kier alpha value is -0.476. The van der Waals surface area contributed by atoms with Crippen LogP contribution in [0, 0.1) is 13.0 Å². The van der Waals surface area contributed by atoms with Crippen LogP contribution in [0.15, 0.2) is 30.3 Å². The van der Waals surface area contributed by atoms with Crippen LogP contribution in [0.2, 0.25) is 0 Å². The Morgan fingerprint density at radius 1 is 1.17 bits per heavy atom. The van der Waals surface area contributed by atoms with E-state index in [4.69, 9.17) is 24.0 Å². The summed E-state index contributed by atoms with van der Waals surface area (Å²) >= 11 is 0. The second-order valence-electron chi connectivity index (χ2n) is 1.87. The van der Waals surface area contributed by atoms with E-state index in [0.29, 0.717) is 0 Å². The van der Waals surface area contributed by atoms with Crippen molar-refractivity contribution in [3.8, 4) is 0 Å². The molecule has 0 radical (unpaired) electrons. The summed E-state index contributed by atoms with van der Waals surface area (Å²) in [5, 5.41) is 7.66. The van der Waals surface area contributed by atoms with Crippen LogP contribution >= 0.6 is 17.4 Å². The van der Waals surface area contributed by atoms with Crippen LogP contribution in [0.5, 0.6) is 0 Å². The van der Waals surface area contributed by atoms with Crippen molar-refractivity contribution in [3.05, 3.63) is 43.3 Å². The normalized spacial score (nSPS) is 7.06. The molecule has 96 valence electrons. The molecule has 0 aliphatic carbocycles. The van der Waals surface area contributed by atoms with Crippen molar-refractivity contribution in [2.45, 2.75) is 6.42 Å². The van der Waals surface area contributed by atoms with Crippen molar-refractivity contribution in [1.82, 2.24) is 0 Å². The van der Waals surface area contributed by atoms with Gasteiger partial charge in [-0.2, -0.15) is 36.4 Å². The zero-order valence-electron chi connectivity index (χ0n) is 9.18. The summed E-state index contributed by atoms with van der Waals surface area (Å²) in [4.78, 5) is 26.0. The van der Waals surface area contributed by atoms with Crippen molar-refractivity contribution in [1.29, 1.82) is 0 Å². The Morgan fingerprint density at radius 3 is 1.50 bits per heavy atom. The van der Waals surface area contributed by atoms with Gasteiger partial charge in [0.05, 0.1) is 17.4 Å². The fraction of sp³-hybridized carbons (Fsp3) is 0.111. The average Bonchev–Trinajstić information content (AvgIpc) is 2.34. The van der Waals surface area contributed by atoms with Gasteiger partial charge in [-0.3, -0.25) is 13.9 Å². The fourth-order valence-corrected chi connectivity index (χ4v) is 0.342. The zero-order valence-corrected chi connectivity index (χ0v) is 12.5. The predicted molar refractivity (Wildman–Crippen MR) is 58.1 cm³/mol. The number of carboxylic acids is 1. The van der Waals surface area contributed by atoms with Crippen LogP contribution in [-0.4, -0.2) is 11.1 Å². The molecule has 0 saturated heterocycles. The van der Waals surface area contributed by atoms with Crippen molar-refractivity contribution >= 4 is 23.3 Å². The number of benzene rings is 1. The van der Waals surface area contributed by atoms with Crippen LogP contribution in [0.3, 0.4) is 0 Å². The molecule has 6 nitrogen and oxygen atoms in total. The summed E-state index contributed by atoms with van der Waals surface area (Å²) in [6, 6.07) is 12.5. The van der Waals surface area contributed by atoms with E-state index in [2.05, 4.69) is 13.0 Å². The van der Waals surface area contributed by atoms with Crippen LogP contribution in [0.1, 0.15) is 6.42 Å². The standard InChI is InChI=1S/C6H5.C3H5O2.2HO2P.Ti/c1-2-4-6-5-3-1;1-2-3(4)5;2*1-3-2;/h1-5H;1-2H2,(H,4,5);2*(H,1,2);/q2*-1;;;+4/p-2. The van der Waals surface area contributed by atoms with Gasteiger partial charge in [-0.15, -0.1) is 0 Å². The molecule has 1 rings (SSSR count). The van der Waals surface area contributed by atoms with Crippen molar-refractivity contribution in [2.24, 2.45) is 0 Å². The van der Waals surface area contributed by atoms with Crippen LogP contribution < -0.4 is 9.79 Å². The molecule has 1 aromatic carbocycles. The largest absolute Gasteiger partial charge is 4.00 e. The first-order valence-electron chi connectivity index (χ1n) is 3.92. The smallest absolute Gasteiger partial charge is 0.772 e. The maximum atomic E-state index is 9.31. The van der Waals surface area contributed by atoms with Crippen LogP contribution in [-0.2, 0) is 35.6 Å². The van der Waals surface area contributed by atoms with Gasteiger partial charge < -0.3 is 21.8 Å². The number of carbonyl (C=O) groups is 1. The molecule has 9 heteroatoms. The number of aliphatic carboxylic acids is 1. The molecule has 0 amide bonds. The maximum Gasteiger partial charge on any atom is 4.00 e. The van der Waals surface area contributed by atoms with Crippen LogP contribution in [0.4, 0.5) is 0 Å². The Kier molecular flexibility index (Phi) is 43.6. The summed E-state index contributed by atoms with van der Waals surface area (Å²) in [5.41, 5.74) is 0. The van der Waals surface area contributed by atoms with E-state index in [1.807, 2.05) is 30.3 Å².